The van der Waals surface area contributed by atoms with Crippen molar-refractivity contribution in [2.45, 2.75) is 6.92 Å². The van der Waals surface area contributed by atoms with Crippen molar-refractivity contribution in [3.63, 3.8) is 0 Å². The maximum Gasteiger partial charge on any atom is 0.178 e. The van der Waals surface area contributed by atoms with Gasteiger partial charge < -0.3 is 9.88 Å². The molecule has 1 N–H and O–H groups in total. The van der Waals surface area contributed by atoms with Crippen molar-refractivity contribution in [2.75, 3.05) is 19.0 Å². The number of aryl methyl sites for hydroxylation is 1. The number of nitrogens with one attached hydrogen (secondary N) is 1. The molecule has 0 amide bonds. The van der Waals surface area contributed by atoms with Crippen LogP contribution < -0.4 is 4.90 Å². The molecule has 0 saturated carbocycles. The summed E-state index contributed by atoms with van der Waals surface area (Å²) >= 11 is 0. The first kappa shape index (κ1) is 11.7. The van der Waals surface area contributed by atoms with E-state index in [2.05, 4.69) is 45.0 Å². The molecular weight excluding hydrogens is 236 g/mol. The zero-order chi connectivity index (χ0) is 13.4. The number of nitrogens with zero attached hydrogens (tertiary/aromatic N) is 3. The molecule has 19 heavy (non-hydrogen) atoms. The molecule has 0 aliphatic rings. The molecule has 0 radical (unpaired) electrons. The van der Waals surface area contributed by atoms with E-state index in [4.69, 9.17) is 0 Å². The predicted octanol–water partition coefficient (Wildman–Crippen LogP) is 3.00. The van der Waals surface area contributed by atoms with Crippen LogP contribution in [0.2, 0.25) is 0 Å². The van der Waals surface area contributed by atoms with Gasteiger partial charge in [0.15, 0.2) is 5.65 Å². The number of pyridine rings is 1. The molecule has 0 spiro atoms. The molecule has 0 aliphatic carbocycles. The second kappa shape index (κ2) is 4.39. The molecule has 0 fully saturated rings. The highest BCUT2D eigenvalue weighted by Gasteiger charge is 2.08. The topological polar surface area (TPSA) is 44.8 Å². The van der Waals surface area contributed by atoms with E-state index in [0.29, 0.717) is 0 Å². The Hall–Kier alpha value is -2.36. The summed E-state index contributed by atoms with van der Waals surface area (Å²) in [5.74, 6) is 0.862. The van der Waals surface area contributed by atoms with E-state index in [1.54, 1.807) is 6.20 Å². The molecule has 2 aromatic heterocycles. The molecular formula is C15H16N4. The molecule has 1 aromatic carbocycles. The minimum absolute atomic E-state index is 0.769. The number of aromatic amines is 1. The number of H-pyrrole nitrogens is 1. The van der Waals surface area contributed by atoms with E-state index in [1.807, 2.05) is 26.2 Å². The molecule has 3 aromatic rings. The van der Waals surface area contributed by atoms with Crippen LogP contribution in [-0.2, 0) is 0 Å². The third kappa shape index (κ3) is 2.05. The lowest BCUT2D eigenvalue weighted by atomic mass is 10.2. The van der Waals surface area contributed by atoms with Crippen LogP contribution in [0.4, 0.5) is 5.69 Å². The summed E-state index contributed by atoms with van der Waals surface area (Å²) in [5.41, 5.74) is 5.16. The van der Waals surface area contributed by atoms with Crippen LogP contribution in [0.3, 0.4) is 0 Å². The summed E-state index contributed by atoms with van der Waals surface area (Å²) in [5, 5.41) is 0. The summed E-state index contributed by atoms with van der Waals surface area (Å²) in [6, 6.07) is 10.3. The summed E-state index contributed by atoms with van der Waals surface area (Å²) < 4.78 is 0. The van der Waals surface area contributed by atoms with Crippen LogP contribution in [0.25, 0.3) is 22.6 Å². The van der Waals surface area contributed by atoms with Crippen LogP contribution >= 0.6 is 0 Å². The number of hydrogen-bond donors (Lipinski definition) is 1. The number of imidazole rings is 1. The highest BCUT2D eigenvalue weighted by Crippen LogP contribution is 2.24. The number of anilines is 1. The second-order valence-electron chi connectivity index (χ2n) is 4.86. The van der Waals surface area contributed by atoms with Crippen molar-refractivity contribution in [1.82, 2.24) is 15.0 Å². The molecule has 2 heterocycles. The molecule has 0 saturated heterocycles. The number of hydrogen-bond acceptors (Lipinski definition) is 3. The highest BCUT2D eigenvalue weighted by molar-refractivity contribution is 5.79. The minimum atomic E-state index is 0.769. The van der Waals surface area contributed by atoms with Crippen LogP contribution in [0.15, 0.2) is 36.5 Å². The van der Waals surface area contributed by atoms with Crippen molar-refractivity contribution in [3.8, 4) is 11.4 Å². The van der Waals surface area contributed by atoms with Crippen molar-refractivity contribution in [1.29, 1.82) is 0 Å². The molecule has 0 unspecified atom stereocenters. The predicted molar refractivity (Wildman–Crippen MR) is 78.4 cm³/mol. The highest BCUT2D eigenvalue weighted by atomic mass is 15.1. The first-order valence-electron chi connectivity index (χ1n) is 6.24. The van der Waals surface area contributed by atoms with Gasteiger partial charge in [0, 0.05) is 31.5 Å². The first-order valence-corrected chi connectivity index (χ1v) is 6.24. The van der Waals surface area contributed by atoms with Crippen molar-refractivity contribution in [3.05, 3.63) is 42.1 Å². The van der Waals surface area contributed by atoms with Crippen LogP contribution in [0.1, 0.15) is 5.56 Å². The fraction of sp³-hybridized carbons (Fsp3) is 0.200. The number of aromatic nitrogens is 3. The van der Waals surface area contributed by atoms with Crippen LogP contribution in [0.5, 0.6) is 0 Å². The van der Waals surface area contributed by atoms with Crippen LogP contribution in [0, 0.1) is 6.92 Å². The van der Waals surface area contributed by atoms with E-state index >= 15 is 0 Å². The largest absolute Gasteiger partial charge is 0.378 e. The summed E-state index contributed by atoms with van der Waals surface area (Å²) in [6.45, 7) is 2.06. The zero-order valence-corrected chi connectivity index (χ0v) is 11.3. The van der Waals surface area contributed by atoms with Gasteiger partial charge in [-0.25, -0.2) is 9.97 Å². The fourth-order valence-electron chi connectivity index (χ4n) is 2.10. The molecule has 0 bridgehead atoms. The van der Waals surface area contributed by atoms with Gasteiger partial charge in [-0.2, -0.15) is 0 Å². The van der Waals surface area contributed by atoms with E-state index in [0.717, 1.165) is 33.8 Å². The Kier molecular flexibility index (Phi) is 2.71. The zero-order valence-electron chi connectivity index (χ0n) is 11.3. The van der Waals surface area contributed by atoms with Gasteiger partial charge in [-0.1, -0.05) is 12.1 Å². The summed E-state index contributed by atoms with van der Waals surface area (Å²) in [4.78, 5) is 14.3. The second-order valence-corrected chi connectivity index (χ2v) is 4.86. The number of fused-ring (bicyclic) bond motifs is 1. The third-order valence-corrected chi connectivity index (χ3v) is 3.24. The standard InChI is InChI=1S/C15H16N4/c1-10-7-8-16-15-13(10)17-14(18-15)11-5-4-6-12(9-11)19(2)3/h4-9H,1-3H3,(H,16,17,18). The minimum Gasteiger partial charge on any atom is -0.378 e. The van der Waals surface area contributed by atoms with E-state index < -0.39 is 0 Å². The van der Waals surface area contributed by atoms with E-state index in [9.17, 15) is 0 Å². The Morgan fingerprint density at radius 3 is 2.74 bits per heavy atom. The lowest BCUT2D eigenvalue weighted by Gasteiger charge is -2.12. The molecule has 3 rings (SSSR count). The van der Waals surface area contributed by atoms with Gasteiger partial charge in [-0.3, -0.25) is 0 Å². The Morgan fingerprint density at radius 2 is 2.00 bits per heavy atom. The normalized spacial score (nSPS) is 10.9. The monoisotopic (exact) mass is 252 g/mol. The Balaban J connectivity index is 2.14. The quantitative estimate of drug-likeness (QED) is 0.762. The van der Waals surface area contributed by atoms with Crippen molar-refractivity contribution < 1.29 is 0 Å². The average Bonchev–Trinajstić information content (AvgIpc) is 2.84. The lowest BCUT2D eigenvalue weighted by Crippen LogP contribution is -2.08. The van der Waals surface area contributed by atoms with Gasteiger partial charge in [0.25, 0.3) is 0 Å². The third-order valence-electron chi connectivity index (χ3n) is 3.24. The van der Waals surface area contributed by atoms with Gasteiger partial charge in [-0.15, -0.1) is 0 Å². The first-order chi connectivity index (χ1) is 9.15. The Labute approximate surface area is 112 Å². The van der Waals surface area contributed by atoms with Crippen LogP contribution in [-0.4, -0.2) is 29.0 Å². The Morgan fingerprint density at radius 1 is 1.16 bits per heavy atom. The summed E-state index contributed by atoms with van der Waals surface area (Å²) in [6.07, 6.45) is 1.79. The SMILES string of the molecule is Cc1ccnc2nc(-c3cccc(N(C)C)c3)[nH]c12. The van der Waals surface area contributed by atoms with Gasteiger partial charge in [0.1, 0.15) is 5.82 Å². The van der Waals surface area contributed by atoms with Gasteiger partial charge in [0.05, 0.1) is 5.52 Å². The van der Waals surface area contributed by atoms with Gasteiger partial charge >= 0.3 is 0 Å². The Bertz CT molecular complexity index is 728. The summed E-state index contributed by atoms with van der Waals surface area (Å²) in [7, 11) is 4.06. The van der Waals surface area contributed by atoms with E-state index in [-0.39, 0.29) is 0 Å². The lowest BCUT2D eigenvalue weighted by molar-refractivity contribution is 1.13. The van der Waals surface area contributed by atoms with E-state index in [1.165, 1.54) is 0 Å². The molecule has 96 valence electrons. The maximum atomic E-state index is 4.56. The average molecular weight is 252 g/mol. The molecule has 0 aliphatic heterocycles. The smallest absolute Gasteiger partial charge is 0.178 e. The fourth-order valence-corrected chi connectivity index (χ4v) is 2.10. The molecule has 4 heteroatoms. The molecule has 4 nitrogen and oxygen atoms in total. The van der Waals surface area contributed by atoms with Gasteiger partial charge in [-0.05, 0) is 30.7 Å². The van der Waals surface area contributed by atoms with Crippen molar-refractivity contribution in [2.24, 2.45) is 0 Å². The number of rotatable bonds is 2. The van der Waals surface area contributed by atoms with Gasteiger partial charge in [0.2, 0.25) is 0 Å². The number of benzene rings is 1. The van der Waals surface area contributed by atoms with Crippen molar-refractivity contribution >= 4 is 16.9 Å². The molecule has 0 atom stereocenters. The maximum absolute atomic E-state index is 4.56.